The first-order chi connectivity index (χ1) is 11.2. The fourth-order valence-electron chi connectivity index (χ4n) is 4.08. The molecule has 4 rings (SSSR count). The van der Waals surface area contributed by atoms with E-state index in [1.54, 1.807) is 0 Å². The van der Waals surface area contributed by atoms with Crippen LogP contribution in [0.3, 0.4) is 0 Å². The lowest BCUT2D eigenvalue weighted by Gasteiger charge is -2.34. The van der Waals surface area contributed by atoms with E-state index in [-0.39, 0.29) is 11.7 Å². The monoisotopic (exact) mass is 312 g/mol. The molecule has 0 radical (unpaired) electrons. The van der Waals surface area contributed by atoms with E-state index in [1.165, 1.54) is 17.6 Å². The van der Waals surface area contributed by atoms with Gasteiger partial charge < -0.3 is 14.2 Å². The van der Waals surface area contributed by atoms with Gasteiger partial charge in [0.25, 0.3) is 0 Å². The van der Waals surface area contributed by atoms with Crippen LogP contribution in [0.25, 0.3) is 6.08 Å². The van der Waals surface area contributed by atoms with E-state index >= 15 is 0 Å². The third kappa shape index (κ3) is 2.78. The van der Waals surface area contributed by atoms with Gasteiger partial charge in [0.2, 0.25) is 0 Å². The van der Waals surface area contributed by atoms with Crippen LogP contribution in [0.4, 0.5) is 0 Å². The Hall–Kier alpha value is -1.42. The molecule has 0 bridgehead atoms. The summed E-state index contributed by atoms with van der Waals surface area (Å²) in [6.07, 6.45) is 10.8. The molecule has 0 N–H and O–H groups in total. The highest BCUT2D eigenvalue weighted by atomic mass is 16.7. The smallest absolute Gasteiger partial charge is 0.169 e. The van der Waals surface area contributed by atoms with Gasteiger partial charge in [-0.1, -0.05) is 48.6 Å². The van der Waals surface area contributed by atoms with Gasteiger partial charge in [-0.15, -0.1) is 0 Å². The summed E-state index contributed by atoms with van der Waals surface area (Å²) in [4.78, 5) is 0. The Balaban J connectivity index is 1.40. The second kappa shape index (κ2) is 5.90. The third-order valence-electron chi connectivity index (χ3n) is 5.20. The zero-order valence-electron chi connectivity index (χ0n) is 13.7. The average Bonchev–Trinajstić information content (AvgIpc) is 3.03. The molecule has 122 valence electrons. The maximum atomic E-state index is 6.47. The standard InChI is InChI=1S/C20H24O3/c1-19(22-13-7-10-16-8-3-2-4-9-16)14-18-20(23-19)12-6-5-11-17(20)15-21-18/h2-4,7-11,18H,5-6,12-15H2,1H3/t18-,19-,20-/m0/s1. The quantitative estimate of drug-likeness (QED) is 0.783. The van der Waals surface area contributed by atoms with Crippen LogP contribution in [0.15, 0.2) is 48.1 Å². The molecule has 0 amide bonds. The average molecular weight is 312 g/mol. The first kappa shape index (κ1) is 15.1. The number of benzene rings is 1. The number of rotatable bonds is 4. The Bertz CT molecular complexity index is 621. The van der Waals surface area contributed by atoms with Crippen LogP contribution in [0, 0.1) is 0 Å². The van der Waals surface area contributed by atoms with Crippen LogP contribution < -0.4 is 0 Å². The molecule has 3 nitrogen and oxygen atoms in total. The van der Waals surface area contributed by atoms with Crippen molar-refractivity contribution < 1.29 is 14.2 Å². The van der Waals surface area contributed by atoms with Crippen LogP contribution in [0.5, 0.6) is 0 Å². The van der Waals surface area contributed by atoms with Crippen LogP contribution in [0.2, 0.25) is 0 Å². The van der Waals surface area contributed by atoms with E-state index in [0.29, 0.717) is 6.61 Å². The van der Waals surface area contributed by atoms with Crippen LogP contribution >= 0.6 is 0 Å². The van der Waals surface area contributed by atoms with E-state index in [2.05, 4.69) is 24.3 Å². The molecule has 2 saturated heterocycles. The third-order valence-corrected chi connectivity index (χ3v) is 5.20. The van der Waals surface area contributed by atoms with E-state index in [4.69, 9.17) is 14.2 Å². The summed E-state index contributed by atoms with van der Waals surface area (Å²) in [5.41, 5.74) is 2.31. The number of allylic oxidation sites excluding steroid dienone is 1. The summed E-state index contributed by atoms with van der Waals surface area (Å²) in [6.45, 7) is 3.33. The summed E-state index contributed by atoms with van der Waals surface area (Å²) in [5.74, 6) is -0.553. The highest BCUT2D eigenvalue weighted by Crippen LogP contribution is 2.52. The van der Waals surface area contributed by atoms with Gasteiger partial charge in [0.1, 0.15) is 5.60 Å². The van der Waals surface area contributed by atoms with Crippen LogP contribution in [-0.4, -0.2) is 30.7 Å². The summed E-state index contributed by atoms with van der Waals surface area (Å²) >= 11 is 0. The highest BCUT2D eigenvalue weighted by Gasteiger charge is 2.60. The molecule has 3 heteroatoms. The van der Waals surface area contributed by atoms with Gasteiger partial charge in [0.15, 0.2) is 5.79 Å². The predicted molar refractivity (Wildman–Crippen MR) is 89.9 cm³/mol. The fourth-order valence-corrected chi connectivity index (χ4v) is 4.08. The Morgan fingerprint density at radius 2 is 2.17 bits per heavy atom. The zero-order valence-corrected chi connectivity index (χ0v) is 13.7. The van der Waals surface area contributed by atoms with Crippen molar-refractivity contribution in [1.29, 1.82) is 0 Å². The lowest BCUT2D eigenvalue weighted by atomic mass is 9.81. The molecule has 1 aromatic rings. The highest BCUT2D eigenvalue weighted by molar-refractivity contribution is 5.48. The largest absolute Gasteiger partial charge is 0.370 e. The molecule has 1 spiro atoms. The molecule has 2 fully saturated rings. The van der Waals surface area contributed by atoms with Gasteiger partial charge in [-0.2, -0.15) is 0 Å². The molecular weight excluding hydrogens is 288 g/mol. The minimum absolute atomic E-state index is 0.150. The maximum Gasteiger partial charge on any atom is 0.169 e. The van der Waals surface area contributed by atoms with Gasteiger partial charge in [0, 0.05) is 6.42 Å². The molecule has 1 aromatic carbocycles. The lowest BCUT2D eigenvalue weighted by molar-refractivity contribution is -0.229. The van der Waals surface area contributed by atoms with Gasteiger partial charge in [0.05, 0.1) is 19.3 Å². The summed E-state index contributed by atoms with van der Waals surface area (Å²) in [6, 6.07) is 10.3. The van der Waals surface area contributed by atoms with Gasteiger partial charge in [-0.25, -0.2) is 0 Å². The number of hydrogen-bond donors (Lipinski definition) is 0. The van der Waals surface area contributed by atoms with Crippen molar-refractivity contribution in [2.24, 2.45) is 0 Å². The first-order valence-corrected chi connectivity index (χ1v) is 8.57. The van der Waals surface area contributed by atoms with Crippen molar-refractivity contribution in [1.82, 2.24) is 0 Å². The predicted octanol–water partition coefficient (Wildman–Crippen LogP) is 4.10. The molecule has 0 unspecified atom stereocenters. The Labute approximate surface area is 137 Å². The SMILES string of the molecule is C[C@@]1(OCC=Cc2ccccc2)C[C@@H]2OCC3=CCCC[C@]32O1. The van der Waals surface area contributed by atoms with Crippen molar-refractivity contribution in [2.45, 2.75) is 50.1 Å². The van der Waals surface area contributed by atoms with E-state index < -0.39 is 5.79 Å². The van der Waals surface area contributed by atoms with Gasteiger partial charge >= 0.3 is 0 Å². The summed E-state index contributed by atoms with van der Waals surface area (Å²) in [7, 11) is 0. The molecule has 0 aromatic heterocycles. The molecule has 0 saturated carbocycles. The van der Waals surface area contributed by atoms with Crippen LogP contribution in [-0.2, 0) is 14.2 Å². The van der Waals surface area contributed by atoms with E-state index in [9.17, 15) is 0 Å². The number of ether oxygens (including phenoxy) is 3. The molecule has 2 aliphatic heterocycles. The summed E-state index contributed by atoms with van der Waals surface area (Å²) in [5, 5.41) is 0. The van der Waals surface area contributed by atoms with Crippen LogP contribution in [0.1, 0.15) is 38.2 Å². The summed E-state index contributed by atoms with van der Waals surface area (Å²) < 4.78 is 18.5. The van der Waals surface area contributed by atoms with Crippen molar-refractivity contribution in [3.63, 3.8) is 0 Å². The molecule has 3 aliphatic rings. The lowest BCUT2D eigenvalue weighted by Crippen LogP contribution is -2.40. The van der Waals surface area contributed by atoms with E-state index in [1.807, 2.05) is 31.2 Å². The second-order valence-corrected chi connectivity index (χ2v) is 6.87. The fraction of sp³-hybridized carbons (Fsp3) is 0.500. The molecule has 23 heavy (non-hydrogen) atoms. The normalized spacial score (nSPS) is 36.0. The Morgan fingerprint density at radius 3 is 3.04 bits per heavy atom. The van der Waals surface area contributed by atoms with Crippen molar-refractivity contribution in [2.75, 3.05) is 13.2 Å². The maximum absolute atomic E-state index is 6.47. The van der Waals surface area contributed by atoms with Gasteiger partial charge in [-0.05, 0) is 37.3 Å². The second-order valence-electron chi connectivity index (χ2n) is 6.87. The molecular formula is C20H24O3. The van der Waals surface area contributed by atoms with Crippen molar-refractivity contribution in [3.8, 4) is 0 Å². The Morgan fingerprint density at radius 1 is 1.30 bits per heavy atom. The van der Waals surface area contributed by atoms with Crippen molar-refractivity contribution >= 4 is 6.08 Å². The minimum Gasteiger partial charge on any atom is -0.370 e. The number of hydrogen-bond acceptors (Lipinski definition) is 3. The molecule has 1 aliphatic carbocycles. The first-order valence-electron chi connectivity index (χ1n) is 8.57. The van der Waals surface area contributed by atoms with E-state index in [0.717, 1.165) is 25.9 Å². The molecule has 3 atom stereocenters. The Kier molecular flexibility index (Phi) is 3.88. The topological polar surface area (TPSA) is 27.7 Å². The minimum atomic E-state index is -0.553. The van der Waals surface area contributed by atoms with Crippen molar-refractivity contribution in [3.05, 3.63) is 53.6 Å². The molecule has 2 heterocycles. The van der Waals surface area contributed by atoms with Gasteiger partial charge in [-0.3, -0.25) is 0 Å². The zero-order chi connectivity index (χ0) is 15.8.